The van der Waals surface area contributed by atoms with Crippen LogP contribution in [0.3, 0.4) is 0 Å². The van der Waals surface area contributed by atoms with Gasteiger partial charge in [-0.3, -0.25) is 0 Å². The molecule has 21 heavy (non-hydrogen) atoms. The van der Waals surface area contributed by atoms with Gasteiger partial charge in [0.05, 0.1) is 5.39 Å². The van der Waals surface area contributed by atoms with Crippen molar-refractivity contribution in [2.24, 2.45) is 0 Å². The minimum absolute atomic E-state index is 0.673. The third kappa shape index (κ3) is 1.38. The fraction of sp³-hybridized carbons (Fsp3) is 0.111. The van der Waals surface area contributed by atoms with Crippen LogP contribution in [-0.4, -0.2) is 7.85 Å². The average Bonchev–Trinajstić information content (AvgIpc) is 3.06. The number of para-hydroxylation sites is 1. The second-order valence-corrected chi connectivity index (χ2v) is 5.52. The van der Waals surface area contributed by atoms with Crippen molar-refractivity contribution in [1.82, 2.24) is 0 Å². The monoisotopic (exact) mass is 270 g/mol. The Balaban J connectivity index is 2.08. The number of allylic oxidation sites excluding steroid dienone is 1. The van der Waals surface area contributed by atoms with Gasteiger partial charge in [0.2, 0.25) is 0 Å². The molecule has 5 rings (SSSR count). The Hall–Kier alpha value is -2.42. The highest BCUT2D eigenvalue weighted by atomic mass is 16.3. The van der Waals surface area contributed by atoms with Crippen molar-refractivity contribution in [2.45, 2.75) is 12.8 Å². The maximum absolute atomic E-state index is 6.23. The van der Waals surface area contributed by atoms with E-state index in [-0.39, 0.29) is 0 Å². The van der Waals surface area contributed by atoms with Crippen LogP contribution in [0.2, 0.25) is 0 Å². The molecule has 0 amide bonds. The van der Waals surface area contributed by atoms with E-state index in [1.54, 1.807) is 0 Å². The molecule has 0 fully saturated rings. The minimum Gasteiger partial charge on any atom is -0.461 e. The van der Waals surface area contributed by atoms with Crippen LogP contribution >= 0.6 is 0 Å². The molecular formula is C18H11BO2. The molecule has 0 N–H and O–H groups in total. The number of benzene rings is 2. The van der Waals surface area contributed by atoms with Crippen molar-refractivity contribution in [3.05, 3.63) is 47.7 Å². The summed E-state index contributed by atoms with van der Waals surface area (Å²) in [5.74, 6) is 1.01. The lowest BCUT2D eigenvalue weighted by Gasteiger charge is -2.01. The molecule has 2 radical (unpaired) electrons. The summed E-state index contributed by atoms with van der Waals surface area (Å²) in [5, 5.41) is 3.15. The summed E-state index contributed by atoms with van der Waals surface area (Å²) in [5.41, 5.74) is 4.30. The molecule has 0 unspecified atom stereocenters. The van der Waals surface area contributed by atoms with E-state index in [1.165, 1.54) is 0 Å². The molecule has 3 heteroatoms. The average molecular weight is 270 g/mol. The summed E-state index contributed by atoms with van der Waals surface area (Å²) < 4.78 is 12.1. The number of fused-ring (bicyclic) bond motifs is 7. The lowest BCUT2D eigenvalue weighted by molar-refractivity contribution is 0.548. The summed E-state index contributed by atoms with van der Waals surface area (Å²) in [4.78, 5) is 0. The van der Waals surface area contributed by atoms with Gasteiger partial charge >= 0.3 is 0 Å². The van der Waals surface area contributed by atoms with E-state index in [0.29, 0.717) is 5.46 Å². The molecule has 4 aromatic rings. The van der Waals surface area contributed by atoms with Crippen LogP contribution in [-0.2, 0) is 6.42 Å². The third-order valence-corrected chi connectivity index (χ3v) is 4.27. The zero-order valence-corrected chi connectivity index (χ0v) is 11.3. The van der Waals surface area contributed by atoms with Crippen LogP contribution in [0.1, 0.15) is 17.7 Å². The highest BCUT2D eigenvalue weighted by Crippen LogP contribution is 2.38. The normalized spacial score (nSPS) is 14.3. The van der Waals surface area contributed by atoms with Crippen LogP contribution in [0.4, 0.5) is 0 Å². The van der Waals surface area contributed by atoms with Gasteiger partial charge in [-0.1, -0.05) is 41.9 Å². The van der Waals surface area contributed by atoms with E-state index in [1.807, 2.05) is 24.3 Å². The van der Waals surface area contributed by atoms with E-state index >= 15 is 0 Å². The SMILES string of the molecule is [B]c1cc2c3ccccc3oc2c2c3c(oc12)CCC=C3. The number of rotatable bonds is 0. The van der Waals surface area contributed by atoms with Crippen molar-refractivity contribution in [1.29, 1.82) is 0 Å². The predicted octanol–water partition coefficient (Wildman–Crippen LogP) is 4.09. The van der Waals surface area contributed by atoms with Crippen molar-refractivity contribution >= 4 is 52.3 Å². The van der Waals surface area contributed by atoms with Crippen LogP contribution in [0.15, 0.2) is 45.2 Å². The molecule has 1 aliphatic carbocycles. The molecule has 2 aromatic heterocycles. The molecule has 0 saturated carbocycles. The largest absolute Gasteiger partial charge is 0.461 e. The molecule has 0 aliphatic heterocycles. The minimum atomic E-state index is 0.673. The fourth-order valence-electron chi connectivity index (χ4n) is 3.31. The van der Waals surface area contributed by atoms with Crippen molar-refractivity contribution < 1.29 is 8.83 Å². The Kier molecular flexibility index (Phi) is 2.05. The number of hydrogen-bond donors (Lipinski definition) is 0. The Labute approximate surface area is 122 Å². The van der Waals surface area contributed by atoms with Crippen molar-refractivity contribution in [3.63, 3.8) is 0 Å². The summed E-state index contributed by atoms with van der Waals surface area (Å²) >= 11 is 0. The second kappa shape index (κ2) is 3.82. The van der Waals surface area contributed by atoms with Gasteiger partial charge < -0.3 is 8.83 Å². The van der Waals surface area contributed by atoms with Gasteiger partial charge in [-0.2, -0.15) is 0 Å². The van der Waals surface area contributed by atoms with Crippen molar-refractivity contribution in [2.75, 3.05) is 0 Å². The predicted molar refractivity (Wildman–Crippen MR) is 86.2 cm³/mol. The van der Waals surface area contributed by atoms with E-state index in [0.717, 1.165) is 57.1 Å². The zero-order chi connectivity index (χ0) is 14.0. The fourth-order valence-corrected chi connectivity index (χ4v) is 3.31. The Morgan fingerprint density at radius 3 is 2.86 bits per heavy atom. The first kappa shape index (κ1) is 11.3. The quantitative estimate of drug-likeness (QED) is 0.450. The highest BCUT2D eigenvalue weighted by molar-refractivity contribution is 6.41. The molecule has 2 heterocycles. The van der Waals surface area contributed by atoms with Crippen LogP contribution < -0.4 is 5.46 Å². The van der Waals surface area contributed by atoms with E-state index < -0.39 is 0 Å². The molecular weight excluding hydrogens is 259 g/mol. The first-order chi connectivity index (χ1) is 10.3. The standard InChI is InChI=1S/C18H11BO2/c19-13-9-12-10-5-1-3-7-14(10)20-17(12)16-11-6-2-4-8-15(11)21-18(13)16/h1-3,5-7,9H,4,8H2. The molecule has 2 aromatic carbocycles. The molecule has 1 aliphatic rings. The summed E-state index contributed by atoms with van der Waals surface area (Å²) in [6, 6.07) is 10.0. The summed E-state index contributed by atoms with van der Waals surface area (Å²) in [6.07, 6.45) is 6.23. The van der Waals surface area contributed by atoms with Crippen LogP contribution in [0.25, 0.3) is 39.0 Å². The van der Waals surface area contributed by atoms with E-state index in [9.17, 15) is 0 Å². The van der Waals surface area contributed by atoms with Gasteiger partial charge in [0.1, 0.15) is 30.4 Å². The van der Waals surface area contributed by atoms with Crippen molar-refractivity contribution in [3.8, 4) is 0 Å². The van der Waals surface area contributed by atoms with Gasteiger partial charge in [-0.05, 0) is 12.5 Å². The first-order valence-corrected chi connectivity index (χ1v) is 7.14. The Bertz CT molecular complexity index is 1050. The molecule has 98 valence electrons. The third-order valence-electron chi connectivity index (χ3n) is 4.27. The summed E-state index contributed by atoms with van der Waals surface area (Å²) in [7, 11) is 6.23. The van der Waals surface area contributed by atoms with Gasteiger partial charge in [0, 0.05) is 22.8 Å². The topological polar surface area (TPSA) is 26.3 Å². The van der Waals surface area contributed by atoms with Gasteiger partial charge in [-0.15, -0.1) is 0 Å². The highest BCUT2D eigenvalue weighted by Gasteiger charge is 2.21. The molecule has 0 atom stereocenters. The van der Waals surface area contributed by atoms with E-state index in [2.05, 4.69) is 18.2 Å². The molecule has 0 saturated heterocycles. The maximum Gasteiger partial charge on any atom is 0.147 e. The van der Waals surface area contributed by atoms with Gasteiger partial charge in [0.15, 0.2) is 0 Å². The molecule has 0 bridgehead atoms. The van der Waals surface area contributed by atoms with Crippen LogP contribution in [0.5, 0.6) is 0 Å². The Morgan fingerprint density at radius 1 is 1.00 bits per heavy atom. The molecule has 0 spiro atoms. The zero-order valence-electron chi connectivity index (χ0n) is 11.3. The molecule has 2 nitrogen and oxygen atoms in total. The Morgan fingerprint density at radius 2 is 1.90 bits per heavy atom. The smallest absolute Gasteiger partial charge is 0.147 e. The lowest BCUT2D eigenvalue weighted by Crippen LogP contribution is -2.01. The van der Waals surface area contributed by atoms with E-state index in [4.69, 9.17) is 16.7 Å². The van der Waals surface area contributed by atoms with Gasteiger partial charge in [0.25, 0.3) is 0 Å². The first-order valence-electron chi connectivity index (χ1n) is 7.14. The lowest BCUT2D eigenvalue weighted by atomic mass is 9.90. The number of furan rings is 2. The number of hydrogen-bond acceptors (Lipinski definition) is 2. The van der Waals surface area contributed by atoms with Gasteiger partial charge in [-0.25, -0.2) is 0 Å². The second-order valence-electron chi connectivity index (χ2n) is 5.52. The maximum atomic E-state index is 6.23. The number of aryl methyl sites for hydroxylation is 1. The summed E-state index contributed by atoms with van der Waals surface area (Å²) in [6.45, 7) is 0. The van der Waals surface area contributed by atoms with Crippen LogP contribution in [0, 0.1) is 0 Å².